The molecule has 0 spiro atoms. The molecule has 0 unspecified atom stereocenters. The van der Waals surface area contributed by atoms with Crippen molar-refractivity contribution in [3.63, 3.8) is 0 Å². The summed E-state index contributed by atoms with van der Waals surface area (Å²) >= 11 is 0. The third kappa shape index (κ3) is 7.38. The van der Waals surface area contributed by atoms with Gasteiger partial charge < -0.3 is 10.6 Å². The minimum atomic E-state index is -2.23. The predicted molar refractivity (Wildman–Crippen MR) is 88.7 cm³/mol. The molecule has 1 aliphatic heterocycles. The van der Waals surface area contributed by atoms with Crippen LogP contribution in [-0.2, 0) is 0 Å². The van der Waals surface area contributed by atoms with E-state index in [-0.39, 0.29) is 6.54 Å². The van der Waals surface area contributed by atoms with Crippen LogP contribution < -0.4 is 10.6 Å². The molecular weight excluding hydrogens is 286 g/mol. The minimum absolute atomic E-state index is 0.102. The molecule has 130 valence electrons. The Bertz CT molecular complexity index is 311. The fourth-order valence-corrected chi connectivity index (χ4v) is 2.74. The van der Waals surface area contributed by atoms with Crippen LogP contribution in [0.1, 0.15) is 46.5 Å². The SMILES string of the molecule is CCNC(=NCC(CC)CC)NC1CCN(CC(F)F)CC1. The second-order valence-electron chi connectivity index (χ2n) is 6.01. The molecule has 1 fully saturated rings. The van der Waals surface area contributed by atoms with Crippen LogP contribution in [0.4, 0.5) is 8.78 Å². The van der Waals surface area contributed by atoms with Crippen LogP contribution in [0.3, 0.4) is 0 Å². The number of hydrogen-bond acceptors (Lipinski definition) is 2. The van der Waals surface area contributed by atoms with Gasteiger partial charge in [-0.2, -0.15) is 0 Å². The van der Waals surface area contributed by atoms with Crippen molar-refractivity contribution in [2.75, 3.05) is 32.7 Å². The van der Waals surface area contributed by atoms with Crippen molar-refractivity contribution in [3.8, 4) is 0 Å². The predicted octanol–water partition coefficient (Wildman–Crippen LogP) is 2.71. The highest BCUT2D eigenvalue weighted by Crippen LogP contribution is 2.12. The molecule has 1 aliphatic rings. The number of alkyl halides is 2. The topological polar surface area (TPSA) is 39.7 Å². The lowest BCUT2D eigenvalue weighted by Gasteiger charge is -2.32. The van der Waals surface area contributed by atoms with Gasteiger partial charge in [-0.25, -0.2) is 8.78 Å². The van der Waals surface area contributed by atoms with Crippen LogP contribution in [0.25, 0.3) is 0 Å². The smallest absolute Gasteiger partial charge is 0.251 e. The first-order valence-electron chi connectivity index (χ1n) is 8.64. The zero-order valence-electron chi connectivity index (χ0n) is 14.2. The summed E-state index contributed by atoms with van der Waals surface area (Å²) in [6, 6.07) is 0.327. The first-order chi connectivity index (χ1) is 10.6. The van der Waals surface area contributed by atoms with Gasteiger partial charge in [-0.1, -0.05) is 26.7 Å². The second kappa shape index (κ2) is 10.8. The summed E-state index contributed by atoms with van der Waals surface area (Å²) in [6.07, 6.45) is 1.84. The summed E-state index contributed by atoms with van der Waals surface area (Å²) in [5, 5.41) is 6.74. The van der Waals surface area contributed by atoms with Crippen LogP contribution in [-0.4, -0.2) is 56.1 Å². The standard InChI is InChI=1S/C16H32F2N4/c1-4-13(5-2)11-20-16(19-6-3)21-14-7-9-22(10-8-14)12-15(17)18/h13-15H,4-12H2,1-3H3,(H2,19,20,21). The molecule has 4 nitrogen and oxygen atoms in total. The molecule has 2 N–H and O–H groups in total. The molecule has 0 amide bonds. The van der Waals surface area contributed by atoms with E-state index in [1.165, 1.54) is 0 Å². The van der Waals surface area contributed by atoms with Crippen molar-refractivity contribution in [2.24, 2.45) is 10.9 Å². The van der Waals surface area contributed by atoms with Gasteiger partial charge in [0.1, 0.15) is 0 Å². The van der Waals surface area contributed by atoms with Gasteiger partial charge in [0.25, 0.3) is 6.43 Å². The molecule has 0 aromatic carbocycles. The van der Waals surface area contributed by atoms with E-state index in [1.54, 1.807) is 0 Å². The van der Waals surface area contributed by atoms with Crippen molar-refractivity contribution in [3.05, 3.63) is 0 Å². The lowest BCUT2D eigenvalue weighted by molar-refractivity contribution is 0.0744. The molecule has 0 aliphatic carbocycles. The third-order valence-electron chi connectivity index (χ3n) is 4.33. The van der Waals surface area contributed by atoms with Crippen LogP contribution in [0.15, 0.2) is 4.99 Å². The molecule has 6 heteroatoms. The highest BCUT2D eigenvalue weighted by molar-refractivity contribution is 5.80. The maximum atomic E-state index is 12.4. The Balaban J connectivity index is 2.42. The van der Waals surface area contributed by atoms with E-state index in [1.807, 2.05) is 4.90 Å². The number of guanidine groups is 1. The van der Waals surface area contributed by atoms with Crippen LogP contribution >= 0.6 is 0 Å². The zero-order chi connectivity index (χ0) is 16.4. The zero-order valence-corrected chi connectivity index (χ0v) is 14.2. The van der Waals surface area contributed by atoms with Gasteiger partial charge >= 0.3 is 0 Å². The summed E-state index contributed by atoms with van der Waals surface area (Å²) < 4.78 is 24.8. The number of rotatable bonds is 8. The largest absolute Gasteiger partial charge is 0.357 e. The van der Waals surface area contributed by atoms with E-state index < -0.39 is 6.43 Å². The Kier molecular flexibility index (Phi) is 9.36. The molecule has 22 heavy (non-hydrogen) atoms. The summed E-state index contributed by atoms with van der Waals surface area (Å²) in [6.45, 7) is 9.48. The van der Waals surface area contributed by atoms with E-state index in [0.29, 0.717) is 12.0 Å². The van der Waals surface area contributed by atoms with E-state index in [2.05, 4.69) is 36.4 Å². The molecule has 0 bridgehead atoms. The van der Waals surface area contributed by atoms with Crippen molar-refractivity contribution >= 4 is 5.96 Å². The van der Waals surface area contributed by atoms with Gasteiger partial charge in [0.2, 0.25) is 0 Å². The Hall–Kier alpha value is -0.910. The van der Waals surface area contributed by atoms with Crippen molar-refractivity contribution in [1.29, 1.82) is 0 Å². The second-order valence-corrected chi connectivity index (χ2v) is 6.01. The van der Waals surface area contributed by atoms with Crippen molar-refractivity contribution in [1.82, 2.24) is 15.5 Å². The van der Waals surface area contributed by atoms with E-state index >= 15 is 0 Å². The first-order valence-corrected chi connectivity index (χ1v) is 8.64. The lowest BCUT2D eigenvalue weighted by Crippen LogP contribution is -2.49. The van der Waals surface area contributed by atoms with Gasteiger partial charge in [0.05, 0.1) is 6.54 Å². The quantitative estimate of drug-likeness (QED) is 0.534. The van der Waals surface area contributed by atoms with Gasteiger partial charge in [-0.05, 0) is 25.7 Å². The van der Waals surface area contributed by atoms with E-state index in [0.717, 1.165) is 57.8 Å². The van der Waals surface area contributed by atoms with Crippen molar-refractivity contribution in [2.45, 2.75) is 58.9 Å². The average molecular weight is 318 g/mol. The fraction of sp³-hybridized carbons (Fsp3) is 0.938. The Labute approximate surface area is 133 Å². The molecule has 1 heterocycles. The number of piperidine rings is 1. The number of aliphatic imine (C=N–C) groups is 1. The molecular formula is C16H32F2N4. The summed E-state index contributed by atoms with van der Waals surface area (Å²) in [4.78, 5) is 6.52. The molecule has 1 rings (SSSR count). The third-order valence-corrected chi connectivity index (χ3v) is 4.33. The fourth-order valence-electron chi connectivity index (χ4n) is 2.74. The van der Waals surface area contributed by atoms with Crippen LogP contribution in [0.5, 0.6) is 0 Å². The Morgan fingerprint density at radius 1 is 1.18 bits per heavy atom. The van der Waals surface area contributed by atoms with Crippen molar-refractivity contribution < 1.29 is 8.78 Å². The molecule has 1 saturated heterocycles. The summed E-state index contributed by atoms with van der Waals surface area (Å²) in [7, 11) is 0. The molecule has 0 aromatic heterocycles. The number of hydrogen-bond donors (Lipinski definition) is 2. The van der Waals surface area contributed by atoms with E-state index in [4.69, 9.17) is 0 Å². The summed E-state index contributed by atoms with van der Waals surface area (Å²) in [5.74, 6) is 1.49. The first kappa shape index (κ1) is 19.1. The number of likely N-dealkylation sites (tertiary alicyclic amines) is 1. The highest BCUT2D eigenvalue weighted by Gasteiger charge is 2.21. The highest BCUT2D eigenvalue weighted by atomic mass is 19.3. The maximum Gasteiger partial charge on any atom is 0.251 e. The molecule has 0 saturated carbocycles. The monoisotopic (exact) mass is 318 g/mol. The minimum Gasteiger partial charge on any atom is -0.357 e. The van der Waals surface area contributed by atoms with Gasteiger partial charge in [0, 0.05) is 32.2 Å². The van der Waals surface area contributed by atoms with Crippen LogP contribution in [0, 0.1) is 5.92 Å². The maximum absolute atomic E-state index is 12.4. The molecule has 0 aromatic rings. The van der Waals surface area contributed by atoms with Gasteiger partial charge in [-0.15, -0.1) is 0 Å². The lowest BCUT2D eigenvalue weighted by atomic mass is 10.0. The number of halogens is 2. The summed E-state index contributed by atoms with van der Waals surface area (Å²) in [5.41, 5.74) is 0. The number of nitrogens with one attached hydrogen (secondary N) is 2. The van der Waals surface area contributed by atoms with Gasteiger partial charge in [-0.3, -0.25) is 9.89 Å². The van der Waals surface area contributed by atoms with E-state index in [9.17, 15) is 8.78 Å². The average Bonchev–Trinajstić information content (AvgIpc) is 2.50. The Morgan fingerprint density at radius 2 is 1.82 bits per heavy atom. The molecule has 0 atom stereocenters. The molecule has 0 radical (unpaired) electrons. The Morgan fingerprint density at radius 3 is 2.32 bits per heavy atom. The number of nitrogens with zero attached hydrogens (tertiary/aromatic N) is 2. The van der Waals surface area contributed by atoms with Crippen LogP contribution in [0.2, 0.25) is 0 Å². The normalized spacial score (nSPS) is 18.2. The van der Waals surface area contributed by atoms with Gasteiger partial charge in [0.15, 0.2) is 5.96 Å².